The minimum Gasteiger partial charge on any atom is -0.458 e. The zero-order valence-electron chi connectivity index (χ0n) is 35.8. The van der Waals surface area contributed by atoms with Gasteiger partial charge in [-0.3, -0.25) is 9.59 Å². The van der Waals surface area contributed by atoms with E-state index >= 15 is 0 Å². The standard InChI is InChI=1S/C45H74O11/c1-12-34-17-15-13-14-16-27(4)42(51)44(11,53)43(52)32(9)40(50)31(8)39(49)30(7)38(48)26(3)18-21-37(47)54-41-29(6)35(20-19-34)55-45(33(41)10)23-22-25(2)36(56-45)24-28(5)46/h13-15,17-18,21,25-36,38,40-42,46,48,50-51,53H,12,16,19-20,22-24H2,1-11H3/b14-13+,17-15-,21-18+/t25-,26-,27+,28+,29+,30-,31-,32-,33-,34-,35-,36-,38+,40+,41+,42-,44+,45-/m1/s1. The van der Waals surface area contributed by atoms with Crippen LogP contribution in [0.5, 0.6) is 0 Å². The first-order chi connectivity index (χ1) is 26.1. The zero-order chi connectivity index (χ0) is 42.3. The number of fused-ring (bicyclic) bond motifs is 2. The van der Waals surface area contributed by atoms with Gasteiger partial charge in [0, 0.05) is 48.0 Å². The summed E-state index contributed by atoms with van der Waals surface area (Å²) >= 11 is 0. The molecule has 2 bridgehead atoms. The van der Waals surface area contributed by atoms with Crippen LogP contribution in [0.25, 0.3) is 0 Å². The van der Waals surface area contributed by atoms with Crippen LogP contribution in [0.15, 0.2) is 36.5 Å². The van der Waals surface area contributed by atoms with E-state index in [-0.39, 0.29) is 35.9 Å². The molecule has 320 valence electrons. The van der Waals surface area contributed by atoms with Gasteiger partial charge < -0.3 is 39.7 Å². The van der Waals surface area contributed by atoms with Crippen molar-refractivity contribution in [1.82, 2.24) is 0 Å². The highest BCUT2D eigenvalue weighted by atomic mass is 16.7. The number of allylic oxidation sites excluding steroid dienone is 4. The normalized spacial score (nSPS) is 46.8. The fraction of sp³-hybridized carbons (Fsp3) is 0.800. The maximum Gasteiger partial charge on any atom is 0.330 e. The van der Waals surface area contributed by atoms with Crippen LogP contribution in [0.3, 0.4) is 0 Å². The third-order valence-corrected chi connectivity index (χ3v) is 13.4. The van der Waals surface area contributed by atoms with E-state index in [1.807, 2.05) is 32.1 Å². The van der Waals surface area contributed by atoms with Crippen molar-refractivity contribution in [3.63, 3.8) is 0 Å². The Balaban J connectivity index is 1.99. The molecule has 3 aliphatic rings. The second-order valence-corrected chi connectivity index (χ2v) is 18.0. The van der Waals surface area contributed by atoms with Gasteiger partial charge in [0.05, 0.1) is 36.6 Å². The van der Waals surface area contributed by atoms with Crippen LogP contribution in [0.4, 0.5) is 0 Å². The number of ether oxygens (including phenoxy) is 3. The Morgan fingerprint density at radius 2 is 1.48 bits per heavy atom. The molecule has 3 heterocycles. The van der Waals surface area contributed by atoms with Crippen molar-refractivity contribution in [3.8, 4) is 0 Å². The third kappa shape index (κ3) is 11.5. The van der Waals surface area contributed by atoms with E-state index in [1.165, 1.54) is 39.8 Å². The molecule has 0 saturated carbocycles. The van der Waals surface area contributed by atoms with Crippen LogP contribution in [-0.4, -0.2) is 97.2 Å². The minimum atomic E-state index is -2.18. The smallest absolute Gasteiger partial charge is 0.330 e. The van der Waals surface area contributed by atoms with Gasteiger partial charge in [-0.15, -0.1) is 0 Å². The summed E-state index contributed by atoms with van der Waals surface area (Å²) in [6.45, 7) is 19.1. The van der Waals surface area contributed by atoms with Crippen LogP contribution in [0, 0.1) is 53.3 Å². The number of rotatable bonds is 3. The Kier molecular flexibility index (Phi) is 17.7. The fourth-order valence-electron chi connectivity index (χ4n) is 9.01. The molecule has 11 heteroatoms. The first-order valence-electron chi connectivity index (χ1n) is 21.2. The SMILES string of the molecule is CC[C@@H]1/C=C\C=C\C[C@H](C)[C@@H](O)[C@](C)(O)C(=O)[C@H](C)[C@@H](O)[C@H](C)C(=O)[C@H](C)[C@@H](O)[C@H](C)/C=C/C(=O)O[C@H]2[C@@H](C)[C@@H](CC1)O[C@@]1(CC[C@@H](C)[C@@H](C[C@H](C)O)O1)[C@@H]2C. The lowest BCUT2D eigenvalue weighted by Crippen LogP contribution is -2.62. The van der Waals surface area contributed by atoms with Gasteiger partial charge >= 0.3 is 5.97 Å². The van der Waals surface area contributed by atoms with Crippen molar-refractivity contribution < 1.29 is 54.1 Å². The summed E-state index contributed by atoms with van der Waals surface area (Å²) in [5.41, 5.74) is -2.18. The van der Waals surface area contributed by atoms with Crippen molar-refractivity contribution in [2.45, 2.75) is 175 Å². The summed E-state index contributed by atoms with van der Waals surface area (Å²) in [6.07, 6.45) is 9.62. The summed E-state index contributed by atoms with van der Waals surface area (Å²) in [4.78, 5) is 40.5. The molecule has 0 aromatic rings. The van der Waals surface area contributed by atoms with Gasteiger partial charge in [0.15, 0.2) is 11.6 Å². The number of carbonyl (C=O) groups excluding carboxylic acids is 3. The predicted octanol–water partition coefficient (Wildman–Crippen LogP) is 5.88. The van der Waals surface area contributed by atoms with Crippen LogP contribution < -0.4 is 0 Å². The maximum atomic E-state index is 13.5. The molecule has 3 aliphatic heterocycles. The highest BCUT2D eigenvalue weighted by Gasteiger charge is 2.56. The van der Waals surface area contributed by atoms with E-state index in [9.17, 15) is 39.9 Å². The van der Waals surface area contributed by atoms with Gasteiger partial charge in [-0.25, -0.2) is 4.79 Å². The highest BCUT2D eigenvalue weighted by Crippen LogP contribution is 2.49. The lowest BCUT2D eigenvalue weighted by Gasteiger charge is -2.55. The molecule has 11 nitrogen and oxygen atoms in total. The second-order valence-electron chi connectivity index (χ2n) is 18.0. The molecule has 18 atom stereocenters. The van der Waals surface area contributed by atoms with Crippen molar-refractivity contribution in [1.29, 1.82) is 0 Å². The molecule has 5 N–H and O–H groups in total. The van der Waals surface area contributed by atoms with Crippen molar-refractivity contribution in [2.75, 3.05) is 0 Å². The molecule has 0 aromatic carbocycles. The molecule has 0 aromatic heterocycles. The fourth-order valence-corrected chi connectivity index (χ4v) is 9.01. The van der Waals surface area contributed by atoms with Crippen LogP contribution in [0.2, 0.25) is 0 Å². The summed E-state index contributed by atoms with van der Waals surface area (Å²) in [6, 6.07) is 0. The second kappa shape index (κ2) is 20.6. The number of hydrogen-bond donors (Lipinski definition) is 5. The molecule has 0 radical (unpaired) electrons. The van der Waals surface area contributed by atoms with Gasteiger partial charge in [-0.2, -0.15) is 0 Å². The molecule has 0 amide bonds. The van der Waals surface area contributed by atoms with Crippen LogP contribution in [0.1, 0.15) is 121 Å². The van der Waals surface area contributed by atoms with E-state index < -0.39 is 89.0 Å². The van der Waals surface area contributed by atoms with Crippen molar-refractivity contribution in [2.24, 2.45) is 53.3 Å². The number of aliphatic hydroxyl groups excluding tert-OH is 4. The monoisotopic (exact) mass is 791 g/mol. The molecule has 3 rings (SSSR count). The topological polar surface area (TPSA) is 180 Å². The van der Waals surface area contributed by atoms with Crippen molar-refractivity contribution in [3.05, 3.63) is 36.5 Å². The Morgan fingerprint density at radius 1 is 0.839 bits per heavy atom. The third-order valence-electron chi connectivity index (χ3n) is 13.4. The summed E-state index contributed by atoms with van der Waals surface area (Å²) in [5.74, 6) is -7.28. The van der Waals surface area contributed by atoms with E-state index in [0.29, 0.717) is 25.7 Å². The molecule has 2 fully saturated rings. The largest absolute Gasteiger partial charge is 0.458 e. The molecule has 1 spiro atoms. The summed E-state index contributed by atoms with van der Waals surface area (Å²) < 4.78 is 20.0. The van der Waals surface area contributed by atoms with Crippen LogP contribution in [-0.2, 0) is 28.6 Å². The minimum absolute atomic E-state index is 0.168. The van der Waals surface area contributed by atoms with Gasteiger partial charge in [-0.1, -0.05) is 92.7 Å². The highest BCUT2D eigenvalue weighted by molar-refractivity contribution is 5.91. The molecule has 0 unspecified atom stereocenters. The van der Waals surface area contributed by atoms with E-state index in [4.69, 9.17) is 14.2 Å². The number of carbonyl (C=O) groups is 3. The Labute approximate surface area is 336 Å². The molecular formula is C45H74O11. The Morgan fingerprint density at radius 3 is 2.11 bits per heavy atom. The van der Waals surface area contributed by atoms with Gasteiger partial charge in [0.2, 0.25) is 0 Å². The summed E-state index contributed by atoms with van der Waals surface area (Å²) in [7, 11) is 0. The average molecular weight is 791 g/mol. The number of esters is 1. The molecule has 56 heavy (non-hydrogen) atoms. The first kappa shape index (κ1) is 48.1. The van der Waals surface area contributed by atoms with Crippen LogP contribution >= 0.6 is 0 Å². The molecule has 2 saturated heterocycles. The Hall–Kier alpha value is -2.25. The maximum absolute atomic E-state index is 13.5. The van der Waals surface area contributed by atoms with Crippen molar-refractivity contribution >= 4 is 17.5 Å². The van der Waals surface area contributed by atoms with E-state index in [1.54, 1.807) is 20.8 Å². The van der Waals surface area contributed by atoms with Gasteiger partial charge in [0.25, 0.3) is 0 Å². The summed E-state index contributed by atoms with van der Waals surface area (Å²) in [5, 5.41) is 55.0. The predicted molar refractivity (Wildman–Crippen MR) is 215 cm³/mol. The lowest BCUT2D eigenvalue weighted by molar-refractivity contribution is -0.371. The lowest BCUT2D eigenvalue weighted by atomic mass is 9.74. The van der Waals surface area contributed by atoms with E-state index in [0.717, 1.165) is 19.3 Å². The number of Topliss-reactive ketones (excluding diaryl/α,β-unsaturated/α-hetero) is 2. The number of ketones is 2. The van der Waals surface area contributed by atoms with E-state index in [2.05, 4.69) is 19.9 Å². The van der Waals surface area contributed by atoms with Gasteiger partial charge in [-0.05, 0) is 70.1 Å². The Bertz CT molecular complexity index is 1390. The van der Waals surface area contributed by atoms with Gasteiger partial charge in [0.1, 0.15) is 17.5 Å². The average Bonchev–Trinajstić information content (AvgIpc) is 3.16. The quantitative estimate of drug-likeness (QED) is 0.216. The first-order valence-corrected chi connectivity index (χ1v) is 21.2. The number of aliphatic hydroxyl groups is 5. The molecular weight excluding hydrogens is 716 g/mol. The zero-order valence-corrected chi connectivity index (χ0v) is 35.8. The number of hydrogen-bond acceptors (Lipinski definition) is 11. The molecule has 0 aliphatic carbocycles.